The van der Waals surface area contributed by atoms with E-state index in [1.54, 1.807) is 0 Å². The van der Waals surface area contributed by atoms with Gasteiger partial charge in [0, 0.05) is 13.1 Å². The zero-order valence-corrected chi connectivity index (χ0v) is 10.4. The summed E-state index contributed by atoms with van der Waals surface area (Å²) in [5.74, 6) is 0.517. The molecule has 0 bridgehead atoms. The van der Waals surface area contributed by atoms with Crippen LogP contribution in [0, 0.1) is 0 Å². The summed E-state index contributed by atoms with van der Waals surface area (Å²) < 4.78 is 28.0. The van der Waals surface area contributed by atoms with Crippen LogP contribution in [0.15, 0.2) is 6.33 Å². The SMILES string of the molecule is O=S(=O)(NCc1ncn[nH]1)N1CCCCCC1. The summed E-state index contributed by atoms with van der Waals surface area (Å²) in [5, 5.41) is 6.28. The summed E-state index contributed by atoms with van der Waals surface area (Å²) in [7, 11) is -3.39. The van der Waals surface area contributed by atoms with Crippen LogP contribution >= 0.6 is 0 Å². The highest BCUT2D eigenvalue weighted by atomic mass is 32.2. The Bertz CT molecular complexity index is 422. The third kappa shape index (κ3) is 3.48. The summed E-state index contributed by atoms with van der Waals surface area (Å²) in [4.78, 5) is 3.87. The molecule has 0 aromatic carbocycles. The van der Waals surface area contributed by atoms with Gasteiger partial charge >= 0.3 is 0 Å². The first-order valence-electron chi connectivity index (χ1n) is 5.77. The maximum absolute atomic E-state index is 12.0. The van der Waals surface area contributed by atoms with E-state index in [0.29, 0.717) is 18.9 Å². The Morgan fingerprint density at radius 3 is 2.59 bits per heavy atom. The van der Waals surface area contributed by atoms with Crippen molar-refractivity contribution in [3.8, 4) is 0 Å². The minimum absolute atomic E-state index is 0.152. The van der Waals surface area contributed by atoms with Crippen molar-refractivity contribution >= 4 is 10.2 Å². The van der Waals surface area contributed by atoms with Gasteiger partial charge in [-0.3, -0.25) is 5.10 Å². The van der Waals surface area contributed by atoms with Crippen molar-refractivity contribution in [1.82, 2.24) is 24.2 Å². The van der Waals surface area contributed by atoms with Gasteiger partial charge < -0.3 is 0 Å². The summed E-state index contributed by atoms with van der Waals surface area (Å²) in [6.07, 6.45) is 5.43. The fraction of sp³-hybridized carbons (Fsp3) is 0.778. The van der Waals surface area contributed by atoms with Crippen LogP contribution in [-0.2, 0) is 16.8 Å². The van der Waals surface area contributed by atoms with Gasteiger partial charge in [0.1, 0.15) is 12.2 Å². The average molecular weight is 259 g/mol. The van der Waals surface area contributed by atoms with Crippen molar-refractivity contribution < 1.29 is 8.42 Å². The topological polar surface area (TPSA) is 91.0 Å². The van der Waals surface area contributed by atoms with Gasteiger partial charge in [0.2, 0.25) is 0 Å². The molecule has 0 spiro atoms. The summed E-state index contributed by atoms with van der Waals surface area (Å²) >= 11 is 0. The number of aromatic amines is 1. The van der Waals surface area contributed by atoms with Gasteiger partial charge in [-0.1, -0.05) is 12.8 Å². The monoisotopic (exact) mass is 259 g/mol. The molecule has 2 N–H and O–H groups in total. The molecule has 7 nitrogen and oxygen atoms in total. The summed E-state index contributed by atoms with van der Waals surface area (Å²) in [5.41, 5.74) is 0. The van der Waals surface area contributed by atoms with E-state index in [1.807, 2.05) is 0 Å². The summed E-state index contributed by atoms with van der Waals surface area (Å²) in [6.45, 7) is 1.36. The van der Waals surface area contributed by atoms with Crippen LogP contribution in [0.4, 0.5) is 0 Å². The van der Waals surface area contributed by atoms with Gasteiger partial charge in [-0.05, 0) is 12.8 Å². The number of H-pyrrole nitrogens is 1. The molecular formula is C9H17N5O2S. The quantitative estimate of drug-likeness (QED) is 0.797. The number of hydrogen-bond acceptors (Lipinski definition) is 4. The number of rotatable bonds is 4. The Labute approximate surface area is 101 Å². The highest BCUT2D eigenvalue weighted by Gasteiger charge is 2.22. The van der Waals surface area contributed by atoms with Gasteiger partial charge in [0.15, 0.2) is 0 Å². The Hall–Kier alpha value is -0.990. The smallest absolute Gasteiger partial charge is 0.262 e. The third-order valence-electron chi connectivity index (χ3n) is 2.79. The van der Waals surface area contributed by atoms with Gasteiger partial charge in [0.25, 0.3) is 10.2 Å². The normalized spacial score (nSPS) is 19.1. The fourth-order valence-electron chi connectivity index (χ4n) is 1.85. The Balaban J connectivity index is 1.93. The minimum Gasteiger partial charge on any atom is -0.262 e. The molecule has 17 heavy (non-hydrogen) atoms. The Morgan fingerprint density at radius 2 is 2.00 bits per heavy atom. The lowest BCUT2D eigenvalue weighted by Crippen LogP contribution is -2.41. The predicted octanol–water partition coefficient (Wildman–Crippen LogP) is 0.0151. The second kappa shape index (κ2) is 5.56. The molecule has 8 heteroatoms. The summed E-state index contributed by atoms with van der Waals surface area (Å²) in [6, 6.07) is 0. The second-order valence-corrected chi connectivity index (χ2v) is 5.83. The van der Waals surface area contributed by atoms with Crippen LogP contribution in [-0.4, -0.2) is 41.0 Å². The lowest BCUT2D eigenvalue weighted by atomic mass is 10.2. The van der Waals surface area contributed by atoms with Crippen molar-refractivity contribution in [2.24, 2.45) is 0 Å². The van der Waals surface area contributed by atoms with E-state index in [-0.39, 0.29) is 6.54 Å². The van der Waals surface area contributed by atoms with Crippen LogP contribution in [0.25, 0.3) is 0 Å². The number of aromatic nitrogens is 3. The molecule has 1 aromatic rings. The minimum atomic E-state index is -3.39. The maximum atomic E-state index is 12.0. The Kier molecular flexibility index (Phi) is 4.08. The predicted molar refractivity (Wildman–Crippen MR) is 62.2 cm³/mol. The van der Waals surface area contributed by atoms with Crippen LogP contribution in [0.2, 0.25) is 0 Å². The van der Waals surface area contributed by atoms with Gasteiger partial charge in [0.05, 0.1) is 6.54 Å². The molecule has 0 saturated carbocycles. The number of nitrogens with zero attached hydrogens (tertiary/aromatic N) is 3. The van der Waals surface area contributed by atoms with Crippen LogP contribution in [0.3, 0.4) is 0 Å². The number of hydrogen-bond donors (Lipinski definition) is 2. The molecule has 1 fully saturated rings. The third-order valence-corrected chi connectivity index (χ3v) is 4.35. The first kappa shape index (κ1) is 12.5. The van der Waals surface area contributed by atoms with Crippen LogP contribution < -0.4 is 4.72 Å². The van der Waals surface area contributed by atoms with Crippen molar-refractivity contribution in [2.45, 2.75) is 32.2 Å². The Morgan fingerprint density at radius 1 is 1.29 bits per heavy atom. The van der Waals surface area contributed by atoms with E-state index in [0.717, 1.165) is 25.7 Å². The van der Waals surface area contributed by atoms with E-state index >= 15 is 0 Å². The van der Waals surface area contributed by atoms with Crippen LogP contribution in [0.5, 0.6) is 0 Å². The van der Waals surface area contributed by atoms with Crippen molar-refractivity contribution in [2.75, 3.05) is 13.1 Å². The van der Waals surface area contributed by atoms with Crippen molar-refractivity contribution in [3.63, 3.8) is 0 Å². The molecule has 1 saturated heterocycles. The van der Waals surface area contributed by atoms with E-state index in [2.05, 4.69) is 19.9 Å². The molecule has 1 aliphatic heterocycles. The van der Waals surface area contributed by atoms with E-state index in [1.165, 1.54) is 10.6 Å². The largest absolute Gasteiger partial charge is 0.279 e. The fourth-order valence-corrected chi connectivity index (χ4v) is 3.09. The van der Waals surface area contributed by atoms with Crippen molar-refractivity contribution in [1.29, 1.82) is 0 Å². The van der Waals surface area contributed by atoms with Gasteiger partial charge in [-0.2, -0.15) is 22.5 Å². The van der Waals surface area contributed by atoms with Crippen LogP contribution in [0.1, 0.15) is 31.5 Å². The second-order valence-electron chi connectivity index (χ2n) is 4.07. The zero-order valence-electron chi connectivity index (χ0n) is 9.59. The molecule has 0 radical (unpaired) electrons. The van der Waals surface area contributed by atoms with Gasteiger partial charge in [-0.25, -0.2) is 4.98 Å². The van der Waals surface area contributed by atoms with E-state index in [4.69, 9.17) is 0 Å². The molecule has 1 aliphatic rings. The lowest BCUT2D eigenvalue weighted by molar-refractivity contribution is 0.414. The molecule has 0 amide bonds. The molecule has 0 atom stereocenters. The highest BCUT2D eigenvalue weighted by molar-refractivity contribution is 7.87. The molecule has 1 aromatic heterocycles. The zero-order chi connectivity index (χ0) is 12.1. The highest BCUT2D eigenvalue weighted by Crippen LogP contribution is 2.12. The van der Waals surface area contributed by atoms with E-state index < -0.39 is 10.2 Å². The molecule has 0 unspecified atom stereocenters. The first-order chi connectivity index (χ1) is 8.18. The molecule has 2 rings (SSSR count). The van der Waals surface area contributed by atoms with Gasteiger partial charge in [-0.15, -0.1) is 0 Å². The molecule has 2 heterocycles. The van der Waals surface area contributed by atoms with Crippen molar-refractivity contribution in [3.05, 3.63) is 12.2 Å². The van der Waals surface area contributed by atoms with E-state index in [9.17, 15) is 8.42 Å². The lowest BCUT2D eigenvalue weighted by Gasteiger charge is -2.19. The number of nitrogens with one attached hydrogen (secondary N) is 2. The maximum Gasteiger partial charge on any atom is 0.279 e. The molecule has 96 valence electrons. The average Bonchev–Trinajstić information content (AvgIpc) is 2.66. The standard InChI is InChI=1S/C9H17N5O2S/c15-17(16,12-7-9-10-8-11-13-9)14-5-3-1-2-4-6-14/h8,12H,1-7H2,(H,10,11,13). The molecular weight excluding hydrogens is 242 g/mol. The first-order valence-corrected chi connectivity index (χ1v) is 7.21. The molecule has 0 aliphatic carbocycles.